The van der Waals surface area contributed by atoms with E-state index in [1.807, 2.05) is 27.7 Å². The Labute approximate surface area is 77.4 Å². The Morgan fingerprint density at radius 3 is 1.75 bits per heavy atom. The molecule has 1 aliphatic rings. The zero-order valence-corrected chi connectivity index (χ0v) is 9.06. The van der Waals surface area contributed by atoms with E-state index in [4.69, 9.17) is 5.11 Å². The Kier molecular flexibility index (Phi) is 16.3. The van der Waals surface area contributed by atoms with Crippen LogP contribution in [0.4, 0.5) is 0 Å². The van der Waals surface area contributed by atoms with E-state index in [0.29, 0.717) is 12.5 Å². The van der Waals surface area contributed by atoms with Crippen LogP contribution in [0.15, 0.2) is 0 Å². The van der Waals surface area contributed by atoms with Crippen molar-refractivity contribution >= 4 is 0 Å². The molecule has 0 bridgehead atoms. The number of hydrogen-bond acceptors (Lipinski definition) is 2. The fraction of sp³-hybridized carbons (Fsp3) is 1.00. The van der Waals surface area contributed by atoms with Crippen LogP contribution in [0.25, 0.3) is 0 Å². The molecular weight excluding hydrogens is 150 g/mol. The van der Waals surface area contributed by atoms with Crippen molar-refractivity contribution in [2.45, 2.75) is 40.5 Å². The fourth-order valence-electron chi connectivity index (χ4n) is 1.06. The van der Waals surface area contributed by atoms with Gasteiger partial charge in [0.1, 0.15) is 0 Å². The Morgan fingerprint density at radius 1 is 1.08 bits per heavy atom. The number of nitrogens with one attached hydrogen (secondary N) is 1. The van der Waals surface area contributed by atoms with E-state index in [-0.39, 0.29) is 0 Å². The molecule has 12 heavy (non-hydrogen) atoms. The first-order valence-electron chi connectivity index (χ1n) is 5.25. The SMILES string of the molecule is CC.CC.OCC1CCNCC1. The molecule has 0 aromatic rings. The van der Waals surface area contributed by atoms with E-state index in [0.717, 1.165) is 25.9 Å². The molecule has 0 amide bonds. The van der Waals surface area contributed by atoms with Gasteiger partial charge in [-0.25, -0.2) is 0 Å². The number of rotatable bonds is 1. The second-order valence-electron chi connectivity index (χ2n) is 2.38. The van der Waals surface area contributed by atoms with Crippen molar-refractivity contribution < 1.29 is 5.11 Å². The molecule has 0 aromatic heterocycles. The van der Waals surface area contributed by atoms with Crippen molar-refractivity contribution in [2.24, 2.45) is 5.92 Å². The molecule has 0 unspecified atom stereocenters. The van der Waals surface area contributed by atoms with E-state index in [1.54, 1.807) is 0 Å². The molecule has 1 saturated heterocycles. The molecule has 0 atom stereocenters. The minimum atomic E-state index is 0.377. The van der Waals surface area contributed by atoms with Gasteiger partial charge in [0.2, 0.25) is 0 Å². The fourth-order valence-corrected chi connectivity index (χ4v) is 1.06. The first kappa shape index (κ1) is 14.4. The highest BCUT2D eigenvalue weighted by Gasteiger charge is 2.09. The molecule has 0 aromatic carbocycles. The molecule has 0 spiro atoms. The third-order valence-electron chi connectivity index (χ3n) is 1.72. The number of piperidine rings is 1. The number of aliphatic hydroxyl groups excluding tert-OH is 1. The summed E-state index contributed by atoms with van der Waals surface area (Å²) in [7, 11) is 0. The summed E-state index contributed by atoms with van der Waals surface area (Å²) in [6.45, 7) is 10.6. The van der Waals surface area contributed by atoms with Crippen LogP contribution in [0.5, 0.6) is 0 Å². The summed E-state index contributed by atoms with van der Waals surface area (Å²) in [6, 6.07) is 0. The molecule has 1 aliphatic heterocycles. The lowest BCUT2D eigenvalue weighted by Crippen LogP contribution is -2.29. The molecular formula is C10H25NO. The van der Waals surface area contributed by atoms with Gasteiger partial charge < -0.3 is 10.4 Å². The van der Waals surface area contributed by atoms with Crippen LogP contribution in [0, 0.1) is 5.92 Å². The average molecular weight is 175 g/mol. The molecule has 1 heterocycles. The first-order chi connectivity index (χ1) is 5.93. The van der Waals surface area contributed by atoms with Crippen molar-refractivity contribution in [3.05, 3.63) is 0 Å². The molecule has 2 heteroatoms. The van der Waals surface area contributed by atoms with Crippen LogP contribution in [-0.4, -0.2) is 24.8 Å². The predicted octanol–water partition coefficient (Wildman–Crippen LogP) is 2.03. The summed E-state index contributed by atoms with van der Waals surface area (Å²) < 4.78 is 0. The van der Waals surface area contributed by atoms with E-state index in [1.165, 1.54) is 0 Å². The highest BCUT2D eigenvalue weighted by atomic mass is 16.3. The number of aliphatic hydroxyl groups is 1. The van der Waals surface area contributed by atoms with E-state index < -0.39 is 0 Å². The van der Waals surface area contributed by atoms with Crippen LogP contribution in [0.2, 0.25) is 0 Å². The third-order valence-corrected chi connectivity index (χ3v) is 1.72. The summed E-state index contributed by atoms with van der Waals surface area (Å²) in [5.74, 6) is 0.580. The van der Waals surface area contributed by atoms with E-state index in [9.17, 15) is 0 Å². The van der Waals surface area contributed by atoms with Gasteiger partial charge >= 0.3 is 0 Å². The Bertz CT molecular complexity index is 60.9. The molecule has 1 rings (SSSR count). The molecule has 2 nitrogen and oxygen atoms in total. The van der Waals surface area contributed by atoms with Crippen molar-refractivity contribution in [3.8, 4) is 0 Å². The smallest absolute Gasteiger partial charge is 0.0460 e. The first-order valence-corrected chi connectivity index (χ1v) is 5.25. The van der Waals surface area contributed by atoms with Crippen molar-refractivity contribution in [1.29, 1.82) is 0 Å². The van der Waals surface area contributed by atoms with Gasteiger partial charge in [0.15, 0.2) is 0 Å². The lowest BCUT2D eigenvalue weighted by atomic mass is 10.00. The summed E-state index contributed by atoms with van der Waals surface area (Å²) in [5.41, 5.74) is 0. The van der Waals surface area contributed by atoms with Gasteiger partial charge in [-0.2, -0.15) is 0 Å². The summed E-state index contributed by atoms with van der Waals surface area (Å²) >= 11 is 0. The number of hydrogen-bond donors (Lipinski definition) is 2. The third kappa shape index (κ3) is 8.02. The van der Waals surface area contributed by atoms with Gasteiger partial charge in [0, 0.05) is 6.61 Å². The second kappa shape index (κ2) is 13.5. The maximum absolute atomic E-state index is 8.66. The Morgan fingerprint density at radius 2 is 1.50 bits per heavy atom. The second-order valence-corrected chi connectivity index (χ2v) is 2.38. The predicted molar refractivity (Wildman–Crippen MR) is 55.4 cm³/mol. The lowest BCUT2D eigenvalue weighted by molar-refractivity contribution is 0.196. The molecule has 0 radical (unpaired) electrons. The van der Waals surface area contributed by atoms with Crippen molar-refractivity contribution in [1.82, 2.24) is 5.32 Å². The van der Waals surface area contributed by atoms with Crippen molar-refractivity contribution in [2.75, 3.05) is 19.7 Å². The van der Waals surface area contributed by atoms with E-state index >= 15 is 0 Å². The summed E-state index contributed by atoms with van der Waals surface area (Å²) in [5, 5.41) is 11.9. The highest BCUT2D eigenvalue weighted by Crippen LogP contribution is 2.08. The summed E-state index contributed by atoms with van der Waals surface area (Å²) in [4.78, 5) is 0. The van der Waals surface area contributed by atoms with Crippen LogP contribution >= 0.6 is 0 Å². The van der Waals surface area contributed by atoms with Gasteiger partial charge in [0.25, 0.3) is 0 Å². The van der Waals surface area contributed by atoms with Crippen LogP contribution < -0.4 is 5.32 Å². The zero-order valence-electron chi connectivity index (χ0n) is 9.06. The van der Waals surface area contributed by atoms with Crippen LogP contribution in [0.3, 0.4) is 0 Å². The normalized spacial score (nSPS) is 16.8. The Hall–Kier alpha value is -0.0800. The van der Waals surface area contributed by atoms with Gasteiger partial charge in [-0.3, -0.25) is 0 Å². The summed E-state index contributed by atoms with van der Waals surface area (Å²) in [6.07, 6.45) is 2.30. The maximum Gasteiger partial charge on any atom is 0.0460 e. The van der Waals surface area contributed by atoms with Gasteiger partial charge in [-0.1, -0.05) is 27.7 Å². The van der Waals surface area contributed by atoms with Gasteiger partial charge in [-0.15, -0.1) is 0 Å². The van der Waals surface area contributed by atoms with Crippen LogP contribution in [0.1, 0.15) is 40.5 Å². The molecule has 2 N–H and O–H groups in total. The van der Waals surface area contributed by atoms with Crippen molar-refractivity contribution in [3.63, 3.8) is 0 Å². The lowest BCUT2D eigenvalue weighted by Gasteiger charge is -2.19. The Balaban J connectivity index is 0. The van der Waals surface area contributed by atoms with E-state index in [2.05, 4.69) is 5.32 Å². The zero-order chi connectivity index (χ0) is 9.82. The minimum Gasteiger partial charge on any atom is -0.396 e. The molecule has 0 aliphatic carbocycles. The quantitative estimate of drug-likeness (QED) is 0.639. The molecule has 76 valence electrons. The molecule has 1 fully saturated rings. The minimum absolute atomic E-state index is 0.377. The monoisotopic (exact) mass is 175 g/mol. The van der Waals surface area contributed by atoms with Crippen LogP contribution in [-0.2, 0) is 0 Å². The largest absolute Gasteiger partial charge is 0.396 e. The maximum atomic E-state index is 8.66. The topological polar surface area (TPSA) is 32.3 Å². The van der Waals surface area contributed by atoms with Gasteiger partial charge in [0.05, 0.1) is 0 Å². The van der Waals surface area contributed by atoms with Gasteiger partial charge in [-0.05, 0) is 31.8 Å². The molecule has 0 saturated carbocycles. The standard InChI is InChI=1S/C6H13NO.2C2H6/c8-5-6-1-3-7-4-2-6;2*1-2/h6-8H,1-5H2;2*1-2H3. The average Bonchev–Trinajstić information content (AvgIpc) is 2.25. The highest BCUT2D eigenvalue weighted by molar-refractivity contribution is 4.66.